The summed E-state index contributed by atoms with van der Waals surface area (Å²) in [6.45, 7) is 9.51. The summed E-state index contributed by atoms with van der Waals surface area (Å²) in [6.07, 6.45) is 1.73. The highest BCUT2D eigenvalue weighted by atomic mass is 32.2. The molecule has 3 aromatic rings. The van der Waals surface area contributed by atoms with Gasteiger partial charge in [0.2, 0.25) is 10.0 Å². The van der Waals surface area contributed by atoms with Crippen molar-refractivity contribution in [2.24, 2.45) is 11.8 Å². The van der Waals surface area contributed by atoms with Crippen LogP contribution in [0, 0.1) is 11.8 Å². The Bertz CT molecular complexity index is 1590. The Balaban J connectivity index is 1.23. The molecule has 2 saturated heterocycles. The van der Waals surface area contributed by atoms with Gasteiger partial charge in [0.05, 0.1) is 23.7 Å². The second-order valence-electron chi connectivity index (χ2n) is 12.3. The number of thiophene rings is 1. The molecule has 1 aromatic heterocycles. The second-order valence-corrected chi connectivity index (χ2v) is 15.3. The van der Waals surface area contributed by atoms with Crippen molar-refractivity contribution in [1.82, 2.24) is 14.1 Å². The molecule has 9 nitrogen and oxygen atoms in total. The van der Waals surface area contributed by atoms with Gasteiger partial charge >= 0.3 is 0 Å². The average molecular weight is 637 g/mol. The molecule has 2 aromatic carbocycles. The Labute approximate surface area is 263 Å². The number of carbonyl (C=O) groups is 2. The average Bonchev–Trinajstić information content (AvgIpc) is 3.38. The number of fused-ring (bicyclic) bond motifs is 1. The Hall–Kier alpha value is -3.09. The fourth-order valence-corrected chi connectivity index (χ4v) is 9.53. The van der Waals surface area contributed by atoms with Crippen LogP contribution in [0.5, 0.6) is 0 Å². The van der Waals surface area contributed by atoms with E-state index in [-0.39, 0.29) is 16.7 Å². The van der Waals surface area contributed by atoms with Crippen molar-refractivity contribution < 1.29 is 22.7 Å². The predicted molar refractivity (Wildman–Crippen MR) is 171 cm³/mol. The summed E-state index contributed by atoms with van der Waals surface area (Å²) in [5.74, 6) is 0.152. The number of nitrogens with zero attached hydrogens (tertiary/aromatic N) is 3. The van der Waals surface area contributed by atoms with Crippen molar-refractivity contribution in [3.63, 3.8) is 0 Å². The van der Waals surface area contributed by atoms with Crippen LogP contribution in [0.15, 0.2) is 59.5 Å². The van der Waals surface area contributed by atoms with E-state index < -0.39 is 10.0 Å². The molecule has 2 atom stereocenters. The number of carbonyl (C=O) groups excluding carboxylic acids is 2. The van der Waals surface area contributed by atoms with Crippen molar-refractivity contribution in [3.05, 3.63) is 81.7 Å². The van der Waals surface area contributed by atoms with Crippen LogP contribution in [0.3, 0.4) is 0 Å². The molecule has 2 unspecified atom stereocenters. The third-order valence-corrected chi connectivity index (χ3v) is 11.7. The van der Waals surface area contributed by atoms with E-state index >= 15 is 0 Å². The number of ether oxygens (including phenoxy) is 1. The van der Waals surface area contributed by atoms with Crippen LogP contribution < -0.4 is 5.32 Å². The lowest BCUT2D eigenvalue weighted by molar-refractivity contribution is 0.0302. The molecular formula is C33H40N4O5S2. The van der Waals surface area contributed by atoms with Crippen molar-refractivity contribution >= 4 is 38.2 Å². The molecule has 0 radical (unpaired) electrons. The molecule has 0 bridgehead atoms. The van der Waals surface area contributed by atoms with E-state index in [1.807, 2.05) is 18.2 Å². The maximum atomic E-state index is 13.8. The van der Waals surface area contributed by atoms with E-state index in [1.165, 1.54) is 29.0 Å². The highest BCUT2D eigenvalue weighted by molar-refractivity contribution is 7.89. The summed E-state index contributed by atoms with van der Waals surface area (Å²) in [5.41, 5.74) is 3.16. The topological polar surface area (TPSA) is 99.3 Å². The van der Waals surface area contributed by atoms with Crippen molar-refractivity contribution in [3.8, 4) is 0 Å². The highest BCUT2D eigenvalue weighted by Crippen LogP contribution is 2.39. The van der Waals surface area contributed by atoms with E-state index in [0.29, 0.717) is 73.9 Å². The predicted octanol–water partition coefficient (Wildman–Crippen LogP) is 4.70. The summed E-state index contributed by atoms with van der Waals surface area (Å²) < 4.78 is 33.7. The Morgan fingerprint density at radius 1 is 0.955 bits per heavy atom. The number of morpholine rings is 1. The lowest BCUT2D eigenvalue weighted by atomic mass is 9.94. The van der Waals surface area contributed by atoms with E-state index in [2.05, 4.69) is 36.2 Å². The molecule has 44 heavy (non-hydrogen) atoms. The molecule has 3 aliphatic rings. The van der Waals surface area contributed by atoms with Gasteiger partial charge in [-0.15, -0.1) is 11.3 Å². The van der Waals surface area contributed by atoms with Gasteiger partial charge in [0.15, 0.2) is 0 Å². The zero-order chi connectivity index (χ0) is 30.8. The SMILES string of the molecule is CC1CC(C)CN(S(=O)(=O)c2ccc(C(=O)Nc3sc4c(c3C(=O)N3CCOCC3)CCN(Cc3ccccc3)C4)cc2)C1. The molecule has 0 spiro atoms. The number of hydrogen-bond acceptors (Lipinski definition) is 7. The molecule has 234 valence electrons. The maximum absolute atomic E-state index is 13.8. The molecule has 2 fully saturated rings. The number of amides is 2. The number of piperidine rings is 1. The first-order valence-electron chi connectivity index (χ1n) is 15.4. The minimum atomic E-state index is -3.65. The molecule has 3 aliphatic heterocycles. The largest absolute Gasteiger partial charge is 0.378 e. The smallest absolute Gasteiger partial charge is 0.257 e. The number of anilines is 1. The lowest BCUT2D eigenvalue weighted by Crippen LogP contribution is -2.42. The van der Waals surface area contributed by atoms with Crippen LogP contribution in [0.2, 0.25) is 0 Å². The van der Waals surface area contributed by atoms with Crippen molar-refractivity contribution in [1.29, 1.82) is 0 Å². The zero-order valence-electron chi connectivity index (χ0n) is 25.3. The number of hydrogen-bond donors (Lipinski definition) is 1. The molecule has 1 N–H and O–H groups in total. The minimum absolute atomic E-state index is 0.0796. The summed E-state index contributed by atoms with van der Waals surface area (Å²) in [4.78, 5) is 32.8. The minimum Gasteiger partial charge on any atom is -0.378 e. The standard InChI is InChI=1S/C33H40N4O5S2/c1-23-18-24(2)20-37(19-23)44(40,41)27-10-8-26(9-11-27)31(38)34-32-30(33(39)36-14-16-42-17-15-36)28-12-13-35(22-29(28)43-32)21-25-6-4-3-5-7-25/h3-11,23-24H,12-22H2,1-2H3,(H,34,38). The molecular weight excluding hydrogens is 597 g/mol. The van der Waals surface area contributed by atoms with Crippen LogP contribution in [-0.2, 0) is 34.3 Å². The quantitative estimate of drug-likeness (QED) is 0.404. The van der Waals surface area contributed by atoms with E-state index in [0.717, 1.165) is 36.4 Å². The van der Waals surface area contributed by atoms with Gasteiger partial charge < -0.3 is 15.0 Å². The van der Waals surface area contributed by atoms with Gasteiger partial charge in [-0.1, -0.05) is 44.2 Å². The molecule has 4 heterocycles. The normalized spacial score (nSPS) is 21.5. The van der Waals surface area contributed by atoms with Crippen molar-refractivity contribution in [2.45, 2.75) is 44.7 Å². The van der Waals surface area contributed by atoms with Crippen LogP contribution in [0.25, 0.3) is 0 Å². The number of nitrogens with one attached hydrogen (secondary N) is 1. The molecule has 2 amide bonds. The fraction of sp³-hybridized carbons (Fsp3) is 0.455. The van der Waals surface area contributed by atoms with Gasteiger partial charge in [0, 0.05) is 56.3 Å². The van der Waals surface area contributed by atoms with E-state index in [1.54, 1.807) is 21.3 Å². The monoisotopic (exact) mass is 636 g/mol. The number of rotatable bonds is 7. The molecule has 6 rings (SSSR count). The molecule has 11 heteroatoms. The molecule has 0 aliphatic carbocycles. The summed E-state index contributed by atoms with van der Waals surface area (Å²) >= 11 is 1.46. The van der Waals surface area contributed by atoms with Gasteiger partial charge in [-0.05, 0) is 60.1 Å². The summed E-state index contributed by atoms with van der Waals surface area (Å²) in [6, 6.07) is 16.5. The highest BCUT2D eigenvalue weighted by Gasteiger charge is 2.33. The third-order valence-electron chi connectivity index (χ3n) is 8.71. The summed E-state index contributed by atoms with van der Waals surface area (Å²) in [7, 11) is -3.65. The van der Waals surface area contributed by atoms with Gasteiger partial charge in [-0.3, -0.25) is 14.5 Å². The molecule has 0 saturated carbocycles. The first-order valence-corrected chi connectivity index (χ1v) is 17.6. The lowest BCUT2D eigenvalue weighted by Gasteiger charge is -2.34. The van der Waals surface area contributed by atoms with Crippen LogP contribution in [-0.4, -0.2) is 80.3 Å². The van der Waals surface area contributed by atoms with Gasteiger partial charge in [0.1, 0.15) is 5.00 Å². The van der Waals surface area contributed by atoms with E-state index in [9.17, 15) is 18.0 Å². The van der Waals surface area contributed by atoms with Gasteiger partial charge in [-0.2, -0.15) is 4.31 Å². The Kier molecular flexibility index (Phi) is 9.21. The second kappa shape index (κ2) is 13.1. The van der Waals surface area contributed by atoms with Crippen LogP contribution >= 0.6 is 11.3 Å². The number of benzene rings is 2. The summed E-state index contributed by atoms with van der Waals surface area (Å²) in [5, 5.41) is 3.57. The van der Waals surface area contributed by atoms with Gasteiger partial charge in [0.25, 0.3) is 11.8 Å². The fourth-order valence-electron chi connectivity index (χ4n) is 6.58. The van der Waals surface area contributed by atoms with Gasteiger partial charge in [-0.25, -0.2) is 8.42 Å². The maximum Gasteiger partial charge on any atom is 0.257 e. The third kappa shape index (κ3) is 6.62. The van der Waals surface area contributed by atoms with E-state index in [4.69, 9.17) is 4.74 Å². The Morgan fingerprint density at radius 3 is 2.32 bits per heavy atom. The number of sulfonamides is 1. The van der Waals surface area contributed by atoms with Crippen molar-refractivity contribution in [2.75, 3.05) is 51.3 Å². The zero-order valence-corrected chi connectivity index (χ0v) is 27.0. The van der Waals surface area contributed by atoms with Crippen LogP contribution in [0.1, 0.15) is 57.0 Å². The Morgan fingerprint density at radius 2 is 1.64 bits per heavy atom. The first-order chi connectivity index (χ1) is 21.2. The van der Waals surface area contributed by atoms with Crippen LogP contribution in [0.4, 0.5) is 5.00 Å². The first kappa shape index (κ1) is 30.9.